The minimum Gasteiger partial charge on any atom is -0.501 e. The zero-order valence-corrected chi connectivity index (χ0v) is 10.8. The fourth-order valence-corrected chi connectivity index (χ4v) is 1.37. The Bertz CT molecular complexity index is 504. The van der Waals surface area contributed by atoms with Crippen molar-refractivity contribution in [3.63, 3.8) is 0 Å². The van der Waals surface area contributed by atoms with E-state index in [0.717, 1.165) is 11.3 Å². The predicted octanol–water partition coefficient (Wildman–Crippen LogP) is 3.57. The van der Waals surface area contributed by atoms with Crippen molar-refractivity contribution in [3.8, 4) is 11.8 Å². The van der Waals surface area contributed by atoms with Crippen LogP contribution in [-0.2, 0) is 4.74 Å². The van der Waals surface area contributed by atoms with Crippen LogP contribution in [-0.4, -0.2) is 12.1 Å². The van der Waals surface area contributed by atoms with Gasteiger partial charge in [-0.3, -0.25) is 4.98 Å². The van der Waals surface area contributed by atoms with Crippen LogP contribution >= 0.6 is 0 Å². The molecule has 0 unspecified atom stereocenters. The van der Waals surface area contributed by atoms with Gasteiger partial charge in [-0.1, -0.05) is 18.1 Å². The predicted molar refractivity (Wildman–Crippen MR) is 71.0 cm³/mol. The number of allylic oxidation sites excluding steroid dienone is 4. The van der Waals surface area contributed by atoms with Gasteiger partial charge in [0, 0.05) is 12.0 Å². The number of pyridine rings is 1. The van der Waals surface area contributed by atoms with Crippen molar-refractivity contribution in [2.45, 2.75) is 20.3 Å². The van der Waals surface area contributed by atoms with E-state index in [1.54, 1.807) is 20.1 Å². The van der Waals surface area contributed by atoms with Crippen LogP contribution in [0, 0.1) is 17.7 Å². The van der Waals surface area contributed by atoms with E-state index in [1.165, 1.54) is 12.3 Å². The van der Waals surface area contributed by atoms with Gasteiger partial charge in [-0.05, 0) is 26.0 Å². The summed E-state index contributed by atoms with van der Waals surface area (Å²) in [5, 5.41) is 0. The average Bonchev–Trinajstić information content (AvgIpc) is 2.39. The molecule has 1 heterocycles. The molecule has 2 nitrogen and oxygen atoms in total. The Morgan fingerprint density at radius 1 is 1.50 bits per heavy atom. The van der Waals surface area contributed by atoms with Gasteiger partial charge in [0.2, 0.25) is 0 Å². The van der Waals surface area contributed by atoms with E-state index in [1.807, 2.05) is 19.1 Å². The number of halogens is 1. The molecule has 0 radical (unpaired) electrons. The van der Waals surface area contributed by atoms with Crippen LogP contribution in [0.15, 0.2) is 36.2 Å². The number of rotatable bonds is 4. The summed E-state index contributed by atoms with van der Waals surface area (Å²) in [6, 6.07) is 3.01. The molecular formula is C15H16FNO. The molecule has 0 N–H and O–H groups in total. The number of methoxy groups -OCH3 is 1. The third-order valence-electron chi connectivity index (χ3n) is 2.37. The minimum atomic E-state index is -0.353. The first-order valence-electron chi connectivity index (χ1n) is 5.62. The summed E-state index contributed by atoms with van der Waals surface area (Å²) in [7, 11) is 1.60. The van der Waals surface area contributed by atoms with Crippen LogP contribution in [0.3, 0.4) is 0 Å². The molecule has 0 spiro atoms. The van der Waals surface area contributed by atoms with Gasteiger partial charge in [-0.25, -0.2) is 4.39 Å². The van der Waals surface area contributed by atoms with Crippen molar-refractivity contribution >= 4 is 5.57 Å². The maximum Gasteiger partial charge on any atom is 0.141 e. The SMILES string of the molecule is CC#CC/C=C\C(=C(/C)OC)c1ccc(F)cn1. The van der Waals surface area contributed by atoms with Gasteiger partial charge in [0.05, 0.1) is 19.0 Å². The second-order valence-corrected chi connectivity index (χ2v) is 3.57. The summed E-state index contributed by atoms with van der Waals surface area (Å²) in [4.78, 5) is 4.05. The summed E-state index contributed by atoms with van der Waals surface area (Å²) < 4.78 is 18.1. The number of ether oxygens (including phenoxy) is 1. The topological polar surface area (TPSA) is 22.1 Å². The van der Waals surface area contributed by atoms with E-state index in [9.17, 15) is 4.39 Å². The summed E-state index contributed by atoms with van der Waals surface area (Å²) in [5.41, 5.74) is 1.51. The van der Waals surface area contributed by atoms with Gasteiger partial charge >= 0.3 is 0 Å². The van der Waals surface area contributed by atoms with Crippen LogP contribution in [0.5, 0.6) is 0 Å². The van der Waals surface area contributed by atoms with Crippen LogP contribution in [0.4, 0.5) is 4.39 Å². The molecule has 1 rings (SSSR count). The van der Waals surface area contributed by atoms with Gasteiger partial charge in [0.1, 0.15) is 11.6 Å². The normalized spacial score (nSPS) is 11.8. The zero-order valence-electron chi connectivity index (χ0n) is 10.8. The average molecular weight is 245 g/mol. The third-order valence-corrected chi connectivity index (χ3v) is 2.37. The summed E-state index contributed by atoms with van der Waals surface area (Å²) >= 11 is 0. The largest absolute Gasteiger partial charge is 0.501 e. The highest BCUT2D eigenvalue weighted by Gasteiger charge is 2.05. The monoisotopic (exact) mass is 245 g/mol. The number of aromatic nitrogens is 1. The molecule has 94 valence electrons. The number of nitrogens with zero attached hydrogens (tertiary/aromatic N) is 1. The molecule has 0 saturated heterocycles. The van der Waals surface area contributed by atoms with Gasteiger partial charge in [-0.2, -0.15) is 0 Å². The molecule has 1 aromatic rings. The lowest BCUT2D eigenvalue weighted by molar-refractivity contribution is 0.296. The lowest BCUT2D eigenvalue weighted by Gasteiger charge is -2.06. The smallest absolute Gasteiger partial charge is 0.141 e. The molecule has 0 aliphatic rings. The number of hydrogen-bond acceptors (Lipinski definition) is 2. The summed E-state index contributed by atoms with van der Waals surface area (Å²) in [5.74, 6) is 6.14. The molecule has 0 aliphatic heterocycles. The van der Waals surface area contributed by atoms with E-state index in [2.05, 4.69) is 16.8 Å². The van der Waals surface area contributed by atoms with Crippen LogP contribution in [0.1, 0.15) is 26.0 Å². The van der Waals surface area contributed by atoms with E-state index in [4.69, 9.17) is 4.74 Å². The molecule has 0 atom stereocenters. The molecule has 0 bridgehead atoms. The second kappa shape index (κ2) is 7.29. The minimum absolute atomic E-state index is 0.353. The zero-order chi connectivity index (χ0) is 13.4. The fourth-order valence-electron chi connectivity index (χ4n) is 1.37. The summed E-state index contributed by atoms with van der Waals surface area (Å²) in [6.07, 6.45) is 5.68. The molecule has 0 aliphatic carbocycles. The second-order valence-electron chi connectivity index (χ2n) is 3.57. The van der Waals surface area contributed by atoms with Crippen molar-refractivity contribution in [2.24, 2.45) is 0 Å². The maximum atomic E-state index is 12.8. The highest BCUT2D eigenvalue weighted by Crippen LogP contribution is 2.19. The molecule has 0 saturated carbocycles. The molecule has 0 amide bonds. The Labute approximate surface area is 107 Å². The highest BCUT2D eigenvalue weighted by atomic mass is 19.1. The van der Waals surface area contributed by atoms with Crippen molar-refractivity contribution in [2.75, 3.05) is 7.11 Å². The van der Waals surface area contributed by atoms with Gasteiger partial charge in [0.25, 0.3) is 0 Å². The molecular weight excluding hydrogens is 229 g/mol. The Morgan fingerprint density at radius 2 is 2.28 bits per heavy atom. The van der Waals surface area contributed by atoms with E-state index in [-0.39, 0.29) is 5.82 Å². The Kier molecular flexibility index (Phi) is 5.66. The maximum absolute atomic E-state index is 12.8. The van der Waals surface area contributed by atoms with Crippen molar-refractivity contribution in [3.05, 3.63) is 47.8 Å². The van der Waals surface area contributed by atoms with Gasteiger partial charge < -0.3 is 4.74 Å². The van der Waals surface area contributed by atoms with Crippen LogP contribution in [0.2, 0.25) is 0 Å². The van der Waals surface area contributed by atoms with Gasteiger partial charge in [0.15, 0.2) is 0 Å². The van der Waals surface area contributed by atoms with E-state index in [0.29, 0.717) is 12.1 Å². The fraction of sp³-hybridized carbons (Fsp3) is 0.267. The molecule has 1 aromatic heterocycles. The van der Waals surface area contributed by atoms with Crippen LogP contribution < -0.4 is 0 Å². The standard InChI is InChI=1S/C15H16FNO/c1-4-5-6-7-8-14(12(2)18-3)15-10-9-13(16)11-17-15/h7-11H,6H2,1-3H3/b8-7-,14-12-. The Hall–Kier alpha value is -2.08. The first kappa shape index (κ1) is 14.0. The third kappa shape index (κ3) is 4.06. The molecule has 3 heteroatoms. The molecule has 0 aromatic carbocycles. The van der Waals surface area contributed by atoms with Crippen LogP contribution in [0.25, 0.3) is 5.57 Å². The molecule has 18 heavy (non-hydrogen) atoms. The Balaban J connectivity index is 3.02. The Morgan fingerprint density at radius 3 is 2.83 bits per heavy atom. The summed E-state index contributed by atoms with van der Waals surface area (Å²) in [6.45, 7) is 3.64. The van der Waals surface area contributed by atoms with Gasteiger partial charge in [-0.15, -0.1) is 5.92 Å². The van der Waals surface area contributed by atoms with Crippen molar-refractivity contribution in [1.82, 2.24) is 4.98 Å². The first-order valence-corrected chi connectivity index (χ1v) is 5.62. The first-order chi connectivity index (χ1) is 8.69. The molecule has 0 fully saturated rings. The lowest BCUT2D eigenvalue weighted by atomic mass is 10.1. The van der Waals surface area contributed by atoms with E-state index < -0.39 is 0 Å². The van der Waals surface area contributed by atoms with Crippen molar-refractivity contribution in [1.29, 1.82) is 0 Å². The quantitative estimate of drug-likeness (QED) is 0.459. The number of hydrogen-bond donors (Lipinski definition) is 0. The highest BCUT2D eigenvalue weighted by molar-refractivity contribution is 5.73. The van der Waals surface area contributed by atoms with Crippen molar-refractivity contribution < 1.29 is 9.13 Å². The van der Waals surface area contributed by atoms with E-state index >= 15 is 0 Å². The lowest BCUT2D eigenvalue weighted by Crippen LogP contribution is -1.93.